The van der Waals surface area contributed by atoms with Crippen molar-refractivity contribution in [3.05, 3.63) is 5.01 Å². The largest absolute Gasteiger partial charge is 0.360 e. The zero-order valence-electron chi connectivity index (χ0n) is 7.87. The fourth-order valence-electron chi connectivity index (χ4n) is 0.724. The molecule has 0 aromatic carbocycles. The first-order chi connectivity index (χ1) is 6.15. The Morgan fingerprint density at radius 3 is 2.77 bits per heavy atom. The van der Waals surface area contributed by atoms with Gasteiger partial charge in [0.25, 0.3) is 5.91 Å². The molecule has 1 rings (SSSR count). The van der Waals surface area contributed by atoms with Crippen molar-refractivity contribution in [2.75, 3.05) is 26.0 Å². The van der Waals surface area contributed by atoms with E-state index < -0.39 is 0 Å². The molecule has 0 atom stereocenters. The van der Waals surface area contributed by atoms with Crippen molar-refractivity contribution < 1.29 is 4.79 Å². The molecular weight excluding hydrogens is 188 g/mol. The number of amides is 1. The van der Waals surface area contributed by atoms with Crippen LogP contribution in [0.1, 0.15) is 16.7 Å². The van der Waals surface area contributed by atoms with Crippen LogP contribution in [0.2, 0.25) is 0 Å². The third-order valence-corrected chi connectivity index (χ3v) is 2.21. The molecule has 6 heteroatoms. The Balaban J connectivity index is 2.73. The lowest BCUT2D eigenvalue weighted by Crippen LogP contribution is -2.21. The van der Waals surface area contributed by atoms with E-state index in [1.807, 2.05) is 6.92 Å². The van der Waals surface area contributed by atoms with Crippen LogP contribution >= 0.6 is 11.3 Å². The van der Waals surface area contributed by atoms with Crippen molar-refractivity contribution in [3.8, 4) is 0 Å². The topological polar surface area (TPSA) is 58.1 Å². The molecule has 0 aliphatic heterocycles. The predicted octanol–water partition coefficient (Wildman–Crippen LogP) is 0.672. The van der Waals surface area contributed by atoms with E-state index in [0.717, 1.165) is 6.54 Å². The van der Waals surface area contributed by atoms with E-state index in [1.54, 1.807) is 14.1 Å². The molecule has 0 radical (unpaired) electrons. The van der Waals surface area contributed by atoms with Crippen LogP contribution in [-0.2, 0) is 0 Å². The Labute approximate surface area is 80.8 Å². The standard InChI is InChI=1S/C7H12N4OS/c1-4-8-7-10-9-5(13-7)6(12)11(2)3/h4H2,1-3H3,(H,8,10). The molecule has 0 saturated carbocycles. The maximum atomic E-state index is 11.4. The molecule has 5 nitrogen and oxygen atoms in total. The average molecular weight is 200 g/mol. The van der Waals surface area contributed by atoms with Crippen LogP contribution in [0.3, 0.4) is 0 Å². The molecule has 1 amide bonds. The average Bonchev–Trinajstić information content (AvgIpc) is 2.52. The molecule has 1 aromatic rings. The highest BCUT2D eigenvalue weighted by atomic mass is 32.1. The van der Waals surface area contributed by atoms with Crippen LogP contribution in [0.15, 0.2) is 0 Å². The summed E-state index contributed by atoms with van der Waals surface area (Å²) in [5, 5.41) is 11.7. The number of nitrogens with zero attached hydrogens (tertiary/aromatic N) is 3. The van der Waals surface area contributed by atoms with Gasteiger partial charge in [0.15, 0.2) is 0 Å². The number of anilines is 1. The number of rotatable bonds is 3. The van der Waals surface area contributed by atoms with E-state index in [-0.39, 0.29) is 5.91 Å². The van der Waals surface area contributed by atoms with Gasteiger partial charge in [-0.05, 0) is 6.92 Å². The number of aromatic nitrogens is 2. The van der Waals surface area contributed by atoms with Crippen LogP contribution in [0.25, 0.3) is 0 Å². The molecule has 0 spiro atoms. The van der Waals surface area contributed by atoms with Gasteiger partial charge in [-0.15, -0.1) is 10.2 Å². The minimum absolute atomic E-state index is 0.110. The summed E-state index contributed by atoms with van der Waals surface area (Å²) >= 11 is 1.27. The monoisotopic (exact) mass is 200 g/mol. The molecule has 0 aliphatic carbocycles. The van der Waals surface area contributed by atoms with E-state index in [1.165, 1.54) is 16.2 Å². The Hall–Kier alpha value is -1.17. The summed E-state index contributed by atoms with van der Waals surface area (Å²) < 4.78 is 0. The van der Waals surface area contributed by atoms with Gasteiger partial charge in [0, 0.05) is 20.6 Å². The summed E-state index contributed by atoms with van der Waals surface area (Å²) in [5.41, 5.74) is 0. The number of hydrogen-bond acceptors (Lipinski definition) is 5. The molecule has 72 valence electrons. The van der Waals surface area contributed by atoms with Gasteiger partial charge in [-0.1, -0.05) is 11.3 Å². The van der Waals surface area contributed by atoms with Crippen molar-refractivity contribution in [2.24, 2.45) is 0 Å². The van der Waals surface area contributed by atoms with Crippen molar-refractivity contribution in [2.45, 2.75) is 6.92 Å². The number of nitrogens with one attached hydrogen (secondary N) is 1. The minimum Gasteiger partial charge on any atom is -0.360 e. The lowest BCUT2D eigenvalue weighted by atomic mass is 10.6. The smallest absolute Gasteiger partial charge is 0.284 e. The van der Waals surface area contributed by atoms with Gasteiger partial charge >= 0.3 is 0 Å². The third-order valence-electron chi connectivity index (χ3n) is 1.34. The highest BCUT2D eigenvalue weighted by Crippen LogP contribution is 2.15. The summed E-state index contributed by atoms with van der Waals surface area (Å²) in [7, 11) is 3.38. The third kappa shape index (κ3) is 2.38. The van der Waals surface area contributed by atoms with Crippen molar-refractivity contribution in [1.82, 2.24) is 15.1 Å². The van der Waals surface area contributed by atoms with Gasteiger partial charge in [-0.25, -0.2) is 0 Å². The number of carbonyl (C=O) groups excluding carboxylic acids is 1. The highest BCUT2D eigenvalue weighted by molar-refractivity contribution is 7.17. The lowest BCUT2D eigenvalue weighted by Gasteiger charge is -2.05. The second-order valence-corrected chi connectivity index (χ2v) is 3.62. The van der Waals surface area contributed by atoms with E-state index in [0.29, 0.717) is 10.1 Å². The second kappa shape index (κ2) is 4.18. The molecule has 1 aromatic heterocycles. The fraction of sp³-hybridized carbons (Fsp3) is 0.571. The zero-order valence-corrected chi connectivity index (χ0v) is 8.68. The van der Waals surface area contributed by atoms with Crippen molar-refractivity contribution >= 4 is 22.4 Å². The maximum Gasteiger partial charge on any atom is 0.284 e. The summed E-state index contributed by atoms with van der Waals surface area (Å²) in [6.07, 6.45) is 0. The summed E-state index contributed by atoms with van der Waals surface area (Å²) in [4.78, 5) is 12.9. The van der Waals surface area contributed by atoms with E-state index in [4.69, 9.17) is 0 Å². The minimum atomic E-state index is -0.110. The van der Waals surface area contributed by atoms with Crippen LogP contribution in [0, 0.1) is 0 Å². The van der Waals surface area contributed by atoms with E-state index >= 15 is 0 Å². The molecular formula is C7H12N4OS. The normalized spacial score (nSPS) is 9.77. The van der Waals surface area contributed by atoms with Gasteiger partial charge in [-0.2, -0.15) is 0 Å². The predicted molar refractivity (Wildman–Crippen MR) is 52.1 cm³/mol. The number of carbonyl (C=O) groups is 1. The van der Waals surface area contributed by atoms with Crippen LogP contribution in [0.4, 0.5) is 5.13 Å². The van der Waals surface area contributed by atoms with Gasteiger partial charge in [0.2, 0.25) is 10.1 Å². The molecule has 1 heterocycles. The lowest BCUT2D eigenvalue weighted by molar-refractivity contribution is 0.0826. The van der Waals surface area contributed by atoms with Gasteiger partial charge in [0.05, 0.1) is 0 Å². The fourth-order valence-corrected chi connectivity index (χ4v) is 1.56. The Morgan fingerprint density at radius 1 is 1.54 bits per heavy atom. The van der Waals surface area contributed by atoms with Crippen molar-refractivity contribution in [1.29, 1.82) is 0 Å². The quantitative estimate of drug-likeness (QED) is 0.779. The first-order valence-electron chi connectivity index (χ1n) is 3.94. The number of hydrogen-bond donors (Lipinski definition) is 1. The SMILES string of the molecule is CCNc1nnc(C(=O)N(C)C)s1. The highest BCUT2D eigenvalue weighted by Gasteiger charge is 2.13. The summed E-state index contributed by atoms with van der Waals surface area (Å²) in [5.74, 6) is -0.110. The molecule has 0 unspecified atom stereocenters. The second-order valence-electron chi connectivity index (χ2n) is 2.64. The molecule has 13 heavy (non-hydrogen) atoms. The van der Waals surface area contributed by atoms with Crippen LogP contribution in [-0.4, -0.2) is 41.6 Å². The van der Waals surface area contributed by atoms with Crippen LogP contribution in [0.5, 0.6) is 0 Å². The first-order valence-corrected chi connectivity index (χ1v) is 4.75. The summed E-state index contributed by atoms with van der Waals surface area (Å²) in [6, 6.07) is 0. The Morgan fingerprint density at radius 2 is 2.23 bits per heavy atom. The molecule has 0 fully saturated rings. The Bertz CT molecular complexity index is 296. The Kier molecular flexibility index (Phi) is 3.18. The molecule has 1 N–H and O–H groups in total. The van der Waals surface area contributed by atoms with Gasteiger partial charge in [0.1, 0.15) is 0 Å². The summed E-state index contributed by atoms with van der Waals surface area (Å²) in [6.45, 7) is 2.75. The molecule has 0 bridgehead atoms. The van der Waals surface area contributed by atoms with Crippen LogP contribution < -0.4 is 5.32 Å². The van der Waals surface area contributed by atoms with E-state index in [2.05, 4.69) is 15.5 Å². The first kappa shape index (κ1) is 9.91. The van der Waals surface area contributed by atoms with Gasteiger partial charge in [-0.3, -0.25) is 4.79 Å². The van der Waals surface area contributed by atoms with Gasteiger partial charge < -0.3 is 10.2 Å². The maximum absolute atomic E-state index is 11.4. The zero-order chi connectivity index (χ0) is 9.84. The molecule has 0 aliphatic rings. The van der Waals surface area contributed by atoms with E-state index in [9.17, 15) is 4.79 Å². The van der Waals surface area contributed by atoms with Crippen molar-refractivity contribution in [3.63, 3.8) is 0 Å². The molecule has 0 saturated heterocycles.